The second-order valence-corrected chi connectivity index (χ2v) is 7.63. The molecule has 0 nitrogen and oxygen atoms in total. The van der Waals surface area contributed by atoms with Crippen LogP contribution in [-0.4, -0.2) is 5.75 Å². The summed E-state index contributed by atoms with van der Waals surface area (Å²) in [4.78, 5) is 1.36. The van der Waals surface area contributed by atoms with E-state index in [1.165, 1.54) is 65.8 Å². The summed E-state index contributed by atoms with van der Waals surface area (Å²) >= 11 is 7.16. The number of rotatable bonds is 10. The van der Waals surface area contributed by atoms with E-state index < -0.39 is 0 Å². The van der Waals surface area contributed by atoms with E-state index in [4.69, 9.17) is 0 Å². The maximum absolute atomic E-state index is 3.55. The van der Waals surface area contributed by atoms with Crippen LogP contribution >= 0.6 is 39.0 Å². The zero-order valence-electron chi connectivity index (χ0n) is 10.6. The third kappa shape index (κ3) is 7.53. The molecule has 97 valence electrons. The summed E-state index contributed by atoms with van der Waals surface area (Å²) in [6.07, 6.45) is 11.2. The van der Waals surface area contributed by atoms with Crippen molar-refractivity contribution in [3.8, 4) is 0 Å². The number of thiophene rings is 1. The molecule has 0 aromatic carbocycles. The number of hydrogen-bond donors (Lipinski definition) is 0. The van der Waals surface area contributed by atoms with Crippen LogP contribution in [0.2, 0.25) is 0 Å². The molecule has 0 saturated heterocycles. The van der Waals surface area contributed by atoms with Crippen LogP contribution < -0.4 is 0 Å². The van der Waals surface area contributed by atoms with Crippen molar-refractivity contribution >= 4 is 39.0 Å². The van der Waals surface area contributed by atoms with E-state index in [9.17, 15) is 0 Å². The number of halogens is 1. The van der Waals surface area contributed by atoms with Gasteiger partial charge < -0.3 is 0 Å². The van der Waals surface area contributed by atoms with Gasteiger partial charge in [0.2, 0.25) is 0 Å². The summed E-state index contributed by atoms with van der Waals surface area (Å²) in [5, 5.41) is 3.15. The molecule has 0 fully saturated rings. The molecule has 0 aliphatic rings. The summed E-state index contributed by atoms with van der Waals surface area (Å²) < 4.78 is 1.24. The van der Waals surface area contributed by atoms with Gasteiger partial charge in [0, 0.05) is 10.3 Å². The minimum absolute atomic E-state index is 1.24. The largest absolute Gasteiger partial charge is 0.126 e. The Morgan fingerprint density at radius 3 is 2.35 bits per heavy atom. The van der Waals surface area contributed by atoms with Gasteiger partial charge in [0.25, 0.3) is 0 Å². The normalized spacial score (nSPS) is 10.9. The lowest BCUT2D eigenvalue weighted by molar-refractivity contribution is 0.586. The molecule has 1 radical (unpaired) electrons. The molecule has 0 aliphatic heterocycles. The van der Waals surface area contributed by atoms with Crippen molar-refractivity contribution in [2.75, 3.05) is 5.75 Å². The topological polar surface area (TPSA) is 0 Å². The molecule has 0 amide bonds. The van der Waals surface area contributed by atoms with Crippen LogP contribution in [0.25, 0.3) is 0 Å². The van der Waals surface area contributed by atoms with Crippen molar-refractivity contribution in [3.63, 3.8) is 0 Å². The van der Waals surface area contributed by atoms with E-state index in [1.54, 1.807) is 11.3 Å². The third-order valence-electron chi connectivity index (χ3n) is 2.79. The van der Waals surface area contributed by atoms with Crippen LogP contribution in [0, 0.1) is 5.38 Å². The molecular weight excluding hydrogens is 312 g/mol. The van der Waals surface area contributed by atoms with Crippen LogP contribution in [0.1, 0.15) is 58.3 Å². The molecule has 0 atom stereocenters. The highest BCUT2D eigenvalue weighted by Crippen LogP contribution is 2.32. The molecule has 17 heavy (non-hydrogen) atoms. The molecule has 1 heterocycles. The zero-order chi connectivity index (χ0) is 12.3. The summed E-state index contributed by atoms with van der Waals surface area (Å²) in [6.45, 7) is 2.28. The van der Waals surface area contributed by atoms with Gasteiger partial charge in [-0.15, -0.1) is 23.1 Å². The lowest BCUT2D eigenvalue weighted by Gasteiger charge is -2.01. The molecule has 3 heteroatoms. The smallest absolute Gasteiger partial charge is 0.0840 e. The van der Waals surface area contributed by atoms with E-state index in [0.717, 1.165) is 0 Å². The predicted octanol–water partition coefficient (Wildman–Crippen LogP) is 6.54. The fraction of sp³-hybridized carbons (Fsp3) is 0.714. The lowest BCUT2D eigenvalue weighted by Crippen LogP contribution is -1.83. The number of unbranched alkanes of at least 4 members (excludes halogenated alkanes) is 7. The maximum Gasteiger partial charge on any atom is 0.0840 e. The van der Waals surface area contributed by atoms with Crippen LogP contribution in [0.4, 0.5) is 0 Å². The van der Waals surface area contributed by atoms with Crippen molar-refractivity contribution < 1.29 is 0 Å². The first-order valence-electron chi connectivity index (χ1n) is 6.62. The lowest BCUT2D eigenvalue weighted by atomic mass is 10.1. The van der Waals surface area contributed by atoms with Crippen LogP contribution in [0.5, 0.6) is 0 Å². The molecule has 0 aliphatic carbocycles. The maximum atomic E-state index is 3.55. The Morgan fingerprint density at radius 2 is 1.76 bits per heavy atom. The summed E-state index contributed by atoms with van der Waals surface area (Å²) in [6, 6.07) is 2.09. The summed E-state index contributed by atoms with van der Waals surface area (Å²) in [5.74, 6) is 1.25. The van der Waals surface area contributed by atoms with Crippen molar-refractivity contribution in [1.29, 1.82) is 0 Å². The van der Waals surface area contributed by atoms with Gasteiger partial charge in [-0.2, -0.15) is 0 Å². The first-order chi connectivity index (χ1) is 8.34. The molecule has 0 saturated carbocycles. The highest BCUT2D eigenvalue weighted by atomic mass is 79.9. The second kappa shape index (κ2) is 10.5. The van der Waals surface area contributed by atoms with Crippen LogP contribution in [0.3, 0.4) is 0 Å². The van der Waals surface area contributed by atoms with Crippen molar-refractivity contribution in [1.82, 2.24) is 0 Å². The Hall–Kier alpha value is 0.530. The Labute approximate surface area is 123 Å². The van der Waals surface area contributed by atoms with Gasteiger partial charge in [0.05, 0.1) is 3.79 Å². The summed E-state index contributed by atoms with van der Waals surface area (Å²) in [5.41, 5.74) is 0. The van der Waals surface area contributed by atoms with Crippen LogP contribution in [-0.2, 0) is 0 Å². The van der Waals surface area contributed by atoms with E-state index in [0.29, 0.717) is 0 Å². The fourth-order valence-electron chi connectivity index (χ4n) is 1.76. The molecular formula is C14H22BrS2. The first kappa shape index (κ1) is 15.6. The highest BCUT2D eigenvalue weighted by Gasteiger charge is 2.01. The molecule has 0 N–H and O–H groups in total. The molecule has 0 bridgehead atoms. The third-order valence-corrected chi connectivity index (χ3v) is 5.85. The van der Waals surface area contributed by atoms with E-state index >= 15 is 0 Å². The Kier molecular flexibility index (Phi) is 9.58. The average molecular weight is 334 g/mol. The van der Waals surface area contributed by atoms with Gasteiger partial charge >= 0.3 is 0 Å². The average Bonchev–Trinajstić information content (AvgIpc) is 2.73. The van der Waals surface area contributed by atoms with Gasteiger partial charge in [-0.05, 0) is 34.2 Å². The van der Waals surface area contributed by atoms with Crippen LogP contribution in [0.15, 0.2) is 14.7 Å². The minimum Gasteiger partial charge on any atom is -0.126 e. The molecule has 1 rings (SSSR count). The monoisotopic (exact) mass is 333 g/mol. The minimum atomic E-state index is 1.24. The summed E-state index contributed by atoms with van der Waals surface area (Å²) in [7, 11) is 0. The molecule has 0 unspecified atom stereocenters. The van der Waals surface area contributed by atoms with Gasteiger partial charge in [-0.1, -0.05) is 51.9 Å². The second-order valence-electron chi connectivity index (χ2n) is 4.33. The molecule has 1 aromatic heterocycles. The zero-order valence-corrected chi connectivity index (χ0v) is 13.9. The van der Waals surface area contributed by atoms with Crippen molar-refractivity contribution in [2.24, 2.45) is 0 Å². The quantitative estimate of drug-likeness (QED) is 0.346. The Morgan fingerprint density at radius 1 is 1.12 bits per heavy atom. The van der Waals surface area contributed by atoms with Gasteiger partial charge in [-0.25, -0.2) is 0 Å². The van der Waals surface area contributed by atoms with E-state index in [-0.39, 0.29) is 0 Å². The first-order valence-corrected chi connectivity index (χ1v) is 9.22. The van der Waals surface area contributed by atoms with Crippen molar-refractivity contribution in [2.45, 2.75) is 63.2 Å². The molecule has 1 aromatic rings. The standard InChI is InChI=1S/C14H22BrS2/c1-2-3-4-5-6-7-8-9-11-16-13-10-12-17-14(13)15/h10H,2-9,11H2,1H3. The Bertz CT molecular complexity index is 284. The number of hydrogen-bond acceptors (Lipinski definition) is 2. The Balaban J connectivity index is 1.86. The van der Waals surface area contributed by atoms with Crippen molar-refractivity contribution in [3.05, 3.63) is 15.2 Å². The molecule has 0 spiro atoms. The van der Waals surface area contributed by atoms with Gasteiger partial charge in [0.15, 0.2) is 0 Å². The fourth-order valence-corrected chi connectivity index (χ4v) is 4.14. The van der Waals surface area contributed by atoms with Gasteiger partial charge in [0.1, 0.15) is 0 Å². The van der Waals surface area contributed by atoms with E-state index in [2.05, 4.69) is 34.3 Å². The van der Waals surface area contributed by atoms with Gasteiger partial charge in [-0.3, -0.25) is 0 Å². The SMILES string of the molecule is CCCCCCCCCCSc1c[c]sc1Br. The van der Waals surface area contributed by atoms with E-state index in [1.807, 2.05) is 11.8 Å². The highest BCUT2D eigenvalue weighted by molar-refractivity contribution is 9.11. The number of thioether (sulfide) groups is 1. The predicted molar refractivity (Wildman–Crippen MR) is 84.2 cm³/mol.